The highest BCUT2D eigenvalue weighted by Crippen LogP contribution is 2.70. The fourth-order valence-corrected chi connectivity index (χ4v) is 12.1. The van der Waals surface area contributed by atoms with Crippen molar-refractivity contribution in [2.75, 3.05) is 13.7 Å². The lowest BCUT2D eigenvalue weighted by Crippen LogP contribution is -2.34. The largest absolute Gasteiger partial charge is 0.469 e. The number of hydrogen-bond acceptors (Lipinski definition) is 4. The van der Waals surface area contributed by atoms with E-state index in [1.807, 2.05) is 0 Å². The van der Waals surface area contributed by atoms with E-state index in [2.05, 4.69) is 27.7 Å². The maximum atomic E-state index is 13.4. The first-order valence-electron chi connectivity index (χ1n) is 10.0. The maximum Gasteiger partial charge on any atom is 0.307 e. The summed E-state index contributed by atoms with van der Waals surface area (Å²) in [6.07, 6.45) is 4.61. The minimum absolute atomic E-state index is 0.0700. The van der Waals surface area contributed by atoms with Crippen LogP contribution in [0.5, 0.6) is 0 Å². The molecule has 7 heteroatoms. The lowest BCUT2D eigenvalue weighted by atomic mass is 10.2. The number of amides is 2. The molecule has 0 spiro atoms. The van der Waals surface area contributed by atoms with Crippen LogP contribution in [0.25, 0.3) is 0 Å². The van der Waals surface area contributed by atoms with Crippen LogP contribution in [0.1, 0.15) is 59.8 Å². The molecule has 4 atom stereocenters. The van der Waals surface area contributed by atoms with Gasteiger partial charge in [-0.05, 0) is 48.3 Å². The van der Waals surface area contributed by atoms with E-state index < -0.39 is 15.8 Å². The third kappa shape index (κ3) is 3.75. The van der Waals surface area contributed by atoms with Crippen LogP contribution in [0, 0.1) is 0 Å². The summed E-state index contributed by atoms with van der Waals surface area (Å²) < 4.78 is 4.71. The summed E-state index contributed by atoms with van der Waals surface area (Å²) >= 11 is 0. The Hall–Kier alpha value is -0.790. The number of methoxy groups -OCH3 is 1. The van der Waals surface area contributed by atoms with Gasteiger partial charge in [0.05, 0.1) is 24.2 Å². The number of rotatable bonds is 5. The molecule has 3 heterocycles. The number of imide groups is 1. The normalized spacial score (nSPS) is 32.9. The molecule has 2 amide bonds. The Kier molecular flexibility index (Phi) is 6.43. The van der Waals surface area contributed by atoms with Crippen LogP contribution in [0.15, 0.2) is 10.6 Å². The molecule has 0 aromatic carbocycles. The van der Waals surface area contributed by atoms with E-state index in [4.69, 9.17) is 4.74 Å². The summed E-state index contributed by atoms with van der Waals surface area (Å²) in [5.41, 5.74) is 1.95. The van der Waals surface area contributed by atoms with Crippen molar-refractivity contribution in [3.8, 4) is 0 Å². The highest BCUT2D eigenvalue weighted by atomic mass is 31.1. The molecular formula is C20H31NO4P2. The van der Waals surface area contributed by atoms with Gasteiger partial charge in [0, 0.05) is 6.54 Å². The second-order valence-corrected chi connectivity index (χ2v) is 14.2. The van der Waals surface area contributed by atoms with E-state index in [1.54, 1.807) is 0 Å². The molecule has 3 aliphatic rings. The molecule has 0 aromatic heterocycles. The molecular weight excluding hydrogens is 380 g/mol. The van der Waals surface area contributed by atoms with Crippen LogP contribution in [0.3, 0.4) is 0 Å². The lowest BCUT2D eigenvalue weighted by Gasteiger charge is -2.26. The van der Waals surface area contributed by atoms with Crippen molar-refractivity contribution >= 4 is 33.6 Å². The van der Waals surface area contributed by atoms with Gasteiger partial charge in [-0.1, -0.05) is 43.5 Å². The van der Waals surface area contributed by atoms with Crippen LogP contribution >= 0.6 is 15.8 Å². The fourth-order valence-electron chi connectivity index (χ4n) is 4.80. The van der Waals surface area contributed by atoms with E-state index >= 15 is 0 Å². The zero-order valence-electron chi connectivity index (χ0n) is 17.0. The van der Waals surface area contributed by atoms with E-state index in [-0.39, 0.29) is 30.7 Å². The molecule has 0 aliphatic carbocycles. The van der Waals surface area contributed by atoms with Gasteiger partial charge in [-0.3, -0.25) is 19.3 Å². The molecule has 150 valence electrons. The third-order valence-electron chi connectivity index (χ3n) is 6.31. The van der Waals surface area contributed by atoms with Gasteiger partial charge in [-0.2, -0.15) is 0 Å². The summed E-state index contributed by atoms with van der Waals surface area (Å²) in [5.74, 6) is -0.605. The van der Waals surface area contributed by atoms with Crippen molar-refractivity contribution in [1.82, 2.24) is 4.90 Å². The predicted molar refractivity (Wildman–Crippen MR) is 111 cm³/mol. The Morgan fingerprint density at radius 3 is 1.59 bits per heavy atom. The minimum atomic E-state index is -0.617. The molecule has 0 radical (unpaired) electrons. The Balaban J connectivity index is 2.00. The summed E-state index contributed by atoms with van der Waals surface area (Å²) in [7, 11) is 0.101. The van der Waals surface area contributed by atoms with Crippen molar-refractivity contribution in [3.05, 3.63) is 10.6 Å². The summed E-state index contributed by atoms with van der Waals surface area (Å²) in [4.78, 5) is 39.7. The summed E-state index contributed by atoms with van der Waals surface area (Å²) in [6, 6.07) is 0. The van der Waals surface area contributed by atoms with Crippen LogP contribution < -0.4 is 0 Å². The van der Waals surface area contributed by atoms with Crippen molar-refractivity contribution < 1.29 is 19.1 Å². The zero-order valence-corrected chi connectivity index (χ0v) is 18.8. The number of carbonyl (C=O) groups excluding carboxylic acids is 3. The highest BCUT2D eigenvalue weighted by molar-refractivity contribution is 7.70. The van der Waals surface area contributed by atoms with Gasteiger partial charge >= 0.3 is 5.97 Å². The van der Waals surface area contributed by atoms with Gasteiger partial charge in [0.1, 0.15) is 0 Å². The van der Waals surface area contributed by atoms with Crippen LogP contribution in [0.4, 0.5) is 0 Å². The van der Waals surface area contributed by atoms with Gasteiger partial charge in [0.15, 0.2) is 0 Å². The van der Waals surface area contributed by atoms with Crippen molar-refractivity contribution in [2.45, 2.75) is 82.4 Å². The average molecular weight is 411 g/mol. The zero-order chi connectivity index (χ0) is 19.9. The standard InChI is InChI=1S/C20H31NO4P2/c1-12-6-7-13(2)26(12)17-18(27-14(3)8-9-15(27)4)20(24)21(19(17)23)11-10-16(22)25-5/h12-15H,6-11H2,1-5H3/t12-,13-,14-,15-/m1/s1. The lowest BCUT2D eigenvalue weighted by molar-refractivity contribution is -0.142. The van der Waals surface area contributed by atoms with Crippen molar-refractivity contribution in [3.63, 3.8) is 0 Å². The van der Waals surface area contributed by atoms with Crippen LogP contribution in [-0.4, -0.2) is 59.0 Å². The van der Waals surface area contributed by atoms with Crippen LogP contribution in [-0.2, 0) is 19.1 Å². The molecule has 3 aliphatic heterocycles. The van der Waals surface area contributed by atoms with Gasteiger partial charge in [-0.15, -0.1) is 0 Å². The number of nitrogens with zero attached hydrogens (tertiary/aromatic N) is 1. The first-order valence-corrected chi connectivity index (χ1v) is 13.0. The fraction of sp³-hybridized carbons (Fsp3) is 0.750. The maximum absolute atomic E-state index is 13.4. The molecule has 0 saturated carbocycles. The van der Waals surface area contributed by atoms with Crippen molar-refractivity contribution in [1.29, 1.82) is 0 Å². The first-order chi connectivity index (χ1) is 12.8. The van der Waals surface area contributed by atoms with Gasteiger partial charge in [0.2, 0.25) is 0 Å². The number of esters is 1. The SMILES string of the molecule is COC(=O)CCN1C(=O)C(P2[C@H](C)CC[C@H]2C)=C(P2[C@H](C)CC[C@H]2C)C1=O. The van der Waals surface area contributed by atoms with E-state index in [9.17, 15) is 14.4 Å². The second-order valence-electron chi connectivity index (χ2n) is 8.15. The molecule has 27 heavy (non-hydrogen) atoms. The minimum Gasteiger partial charge on any atom is -0.469 e. The first kappa shape index (κ1) is 20.9. The van der Waals surface area contributed by atoms with Crippen LogP contribution in [0.2, 0.25) is 0 Å². The van der Waals surface area contributed by atoms with Gasteiger partial charge in [0.25, 0.3) is 11.8 Å². The quantitative estimate of drug-likeness (QED) is 0.386. The molecule has 3 rings (SSSR count). The van der Waals surface area contributed by atoms with Gasteiger partial charge < -0.3 is 4.74 Å². The number of carbonyl (C=O) groups is 3. The smallest absolute Gasteiger partial charge is 0.307 e. The average Bonchev–Trinajstić information content (AvgIpc) is 3.21. The Morgan fingerprint density at radius 2 is 1.26 bits per heavy atom. The second kappa shape index (κ2) is 8.29. The number of ether oxygens (including phenoxy) is 1. The molecule has 2 fully saturated rings. The monoisotopic (exact) mass is 411 g/mol. The number of hydrogen-bond donors (Lipinski definition) is 0. The van der Waals surface area contributed by atoms with E-state index in [0.717, 1.165) is 36.3 Å². The van der Waals surface area contributed by atoms with Crippen molar-refractivity contribution in [2.24, 2.45) is 0 Å². The Bertz CT molecular complexity index is 611. The molecule has 0 N–H and O–H groups in total. The van der Waals surface area contributed by atoms with E-state index in [0.29, 0.717) is 22.6 Å². The molecule has 0 aromatic rings. The molecule has 0 bridgehead atoms. The van der Waals surface area contributed by atoms with E-state index in [1.165, 1.54) is 12.0 Å². The Morgan fingerprint density at radius 1 is 0.889 bits per heavy atom. The topological polar surface area (TPSA) is 63.7 Å². The predicted octanol–water partition coefficient (Wildman–Crippen LogP) is 4.24. The summed E-state index contributed by atoms with van der Waals surface area (Å²) in [5, 5.41) is 1.73. The highest BCUT2D eigenvalue weighted by Gasteiger charge is 2.50. The molecule has 0 unspecified atom stereocenters. The molecule has 2 saturated heterocycles. The Labute approximate surface area is 164 Å². The summed E-state index contributed by atoms with van der Waals surface area (Å²) in [6.45, 7) is 9.09. The molecule has 5 nitrogen and oxygen atoms in total. The van der Waals surface area contributed by atoms with Gasteiger partial charge in [-0.25, -0.2) is 0 Å². The third-order valence-corrected chi connectivity index (χ3v) is 13.2.